The molecule has 4 saturated carbocycles. The number of hydrogen-bond donors (Lipinski definition) is 0. The van der Waals surface area contributed by atoms with Gasteiger partial charge in [-0.25, -0.2) is 0 Å². The number of alkyl halides is 3. The Morgan fingerprint density at radius 3 is 0.714 bits per heavy atom. The van der Waals surface area contributed by atoms with E-state index in [9.17, 15) is 13.2 Å². The van der Waals surface area contributed by atoms with Crippen LogP contribution in [0.5, 0.6) is 0 Å². The Balaban J connectivity index is -0.0000000742. The monoisotopic (exact) mass is 913 g/mol. The minimum Gasteiger partial charge on any atom is -0.171 e. The highest BCUT2D eigenvalue weighted by Crippen LogP contribution is 2.49. The van der Waals surface area contributed by atoms with Crippen LogP contribution in [0.2, 0.25) is 0 Å². The molecule has 0 aromatic heterocycles. The highest BCUT2D eigenvalue weighted by atomic mass is 19.4. The van der Waals surface area contributed by atoms with Crippen molar-refractivity contribution in [1.82, 2.24) is 0 Å². The van der Waals surface area contributed by atoms with Gasteiger partial charge in [0.2, 0.25) is 0 Å². The summed E-state index contributed by atoms with van der Waals surface area (Å²) in [7, 11) is 0. The van der Waals surface area contributed by atoms with E-state index >= 15 is 0 Å². The minimum atomic E-state index is -4.01. The first kappa shape index (κ1) is 82.9. The van der Waals surface area contributed by atoms with Gasteiger partial charge in [-0.3, -0.25) is 0 Å². The second-order valence-corrected chi connectivity index (χ2v) is 23.0. The van der Waals surface area contributed by atoms with Crippen molar-refractivity contribution in [1.29, 1.82) is 0 Å². The molecule has 0 unspecified atom stereocenters. The molecule has 4 rings (SSSR count). The second-order valence-electron chi connectivity index (χ2n) is 23.0. The van der Waals surface area contributed by atoms with Crippen LogP contribution < -0.4 is 0 Å². The van der Waals surface area contributed by atoms with Crippen LogP contribution in [-0.2, 0) is 0 Å². The van der Waals surface area contributed by atoms with Gasteiger partial charge >= 0.3 is 6.18 Å². The lowest BCUT2D eigenvalue weighted by Crippen LogP contribution is -2.38. The molecule has 0 aliphatic heterocycles. The summed E-state index contributed by atoms with van der Waals surface area (Å²) < 4.78 is 37.4. The van der Waals surface area contributed by atoms with Gasteiger partial charge in [-0.05, 0) is 77.9 Å². The van der Waals surface area contributed by atoms with E-state index in [2.05, 4.69) is 152 Å². The van der Waals surface area contributed by atoms with E-state index in [0.717, 1.165) is 48.3 Å². The van der Waals surface area contributed by atoms with Crippen molar-refractivity contribution in [3.63, 3.8) is 0 Å². The largest absolute Gasteiger partial charge is 0.394 e. The summed E-state index contributed by atoms with van der Waals surface area (Å²) in [5, 5.41) is 0. The van der Waals surface area contributed by atoms with E-state index in [1.165, 1.54) is 103 Å². The van der Waals surface area contributed by atoms with E-state index in [4.69, 9.17) is 0 Å². The van der Waals surface area contributed by atoms with Gasteiger partial charge in [0.25, 0.3) is 0 Å². The molecule has 4 aliphatic carbocycles. The van der Waals surface area contributed by atoms with Gasteiger partial charge in [0, 0.05) is 0 Å². The van der Waals surface area contributed by atoms with E-state index < -0.39 is 11.6 Å². The maximum atomic E-state index is 12.5. The van der Waals surface area contributed by atoms with Crippen LogP contribution >= 0.6 is 0 Å². The molecule has 0 nitrogen and oxygen atoms in total. The highest BCUT2D eigenvalue weighted by Gasteiger charge is 2.51. The van der Waals surface area contributed by atoms with Crippen molar-refractivity contribution in [3.8, 4) is 0 Å². The molecule has 4 fully saturated rings. The van der Waals surface area contributed by atoms with Crippen LogP contribution in [-0.4, -0.2) is 6.18 Å². The zero-order valence-electron chi connectivity index (χ0n) is 50.6. The lowest BCUT2D eigenvalue weighted by Gasteiger charge is -2.37. The van der Waals surface area contributed by atoms with Gasteiger partial charge in [-0.1, -0.05) is 304 Å². The van der Waals surface area contributed by atoms with E-state index in [-0.39, 0.29) is 0 Å². The Labute approximate surface area is 405 Å². The first-order valence-electron chi connectivity index (χ1n) is 27.8. The van der Waals surface area contributed by atoms with Crippen molar-refractivity contribution in [2.75, 3.05) is 0 Å². The lowest BCUT2D eigenvalue weighted by molar-refractivity contribution is -0.229. The van der Waals surface area contributed by atoms with Crippen molar-refractivity contribution < 1.29 is 13.2 Å². The Bertz CT molecular complexity index is 708. The molecule has 0 aromatic rings. The number of halogens is 3. The van der Waals surface area contributed by atoms with Crippen LogP contribution in [0.25, 0.3) is 0 Å². The number of hydrogen-bond acceptors (Lipinski definition) is 0. The third kappa shape index (κ3) is 105. The summed E-state index contributed by atoms with van der Waals surface area (Å²) in [6, 6.07) is 0. The van der Waals surface area contributed by atoms with Crippen molar-refractivity contribution in [3.05, 3.63) is 0 Å². The molecule has 396 valence electrons. The van der Waals surface area contributed by atoms with Gasteiger partial charge in [0.15, 0.2) is 0 Å². The van der Waals surface area contributed by atoms with E-state index in [1.54, 1.807) is 0 Å². The molecule has 0 aromatic carbocycles. The molecule has 0 radical (unpaired) electrons. The average Bonchev–Trinajstić information content (AvgIpc) is 3.83. The summed E-state index contributed by atoms with van der Waals surface area (Å²) >= 11 is 0. The third-order valence-electron chi connectivity index (χ3n) is 10.2. The molecule has 0 amide bonds. The smallest absolute Gasteiger partial charge is 0.171 e. The first-order valence-corrected chi connectivity index (χ1v) is 27.8. The predicted octanol–water partition coefficient (Wildman–Crippen LogP) is 24.7. The summed E-state index contributed by atoms with van der Waals surface area (Å²) in [5.74, 6) is 6.24. The maximum Gasteiger partial charge on any atom is 0.394 e. The van der Waals surface area contributed by atoms with Crippen molar-refractivity contribution in [2.24, 2.45) is 57.7 Å². The number of rotatable bonds is 2. The normalized spacial score (nSPS) is 19.0. The van der Waals surface area contributed by atoms with Crippen molar-refractivity contribution >= 4 is 0 Å². The molecule has 4 aliphatic rings. The fraction of sp³-hybridized carbons (Fsp3) is 1.00. The summed E-state index contributed by atoms with van der Waals surface area (Å²) in [6.07, 6.45) is 19.5. The highest BCUT2D eigenvalue weighted by molar-refractivity contribution is 4.86. The lowest BCUT2D eigenvalue weighted by atomic mass is 9.72. The summed E-state index contributed by atoms with van der Waals surface area (Å²) in [6.45, 7) is 64.1. The Hall–Kier alpha value is -0.210. The maximum absolute atomic E-state index is 12.5. The van der Waals surface area contributed by atoms with Gasteiger partial charge in [0.05, 0.1) is 5.41 Å². The van der Waals surface area contributed by atoms with Gasteiger partial charge < -0.3 is 0 Å². The molecule has 0 bridgehead atoms. The van der Waals surface area contributed by atoms with Gasteiger partial charge in [-0.15, -0.1) is 0 Å². The molecule has 0 atom stereocenters. The average molecular weight is 914 g/mol. The molecule has 0 spiro atoms. The topological polar surface area (TPSA) is 0 Å². The Morgan fingerprint density at radius 1 is 0.444 bits per heavy atom. The first-order chi connectivity index (χ1) is 28.8. The van der Waals surface area contributed by atoms with Crippen LogP contribution in [0.15, 0.2) is 0 Å². The van der Waals surface area contributed by atoms with Crippen molar-refractivity contribution in [2.45, 2.75) is 336 Å². The van der Waals surface area contributed by atoms with Crippen LogP contribution in [0.4, 0.5) is 13.2 Å². The molecular formula is C60H135F3. The minimum absolute atomic E-state index is 0.303. The fourth-order valence-corrected chi connectivity index (χ4v) is 4.29. The standard InChI is InChI=1S/C9H15F3.C7H14.C6H12.C6H14.3C5H12.C4H8.C4H10.C3H8.3C2H6/c1-7-3-5-8(2,6-4-7)9(10,11)12;1-7-5-3-2-4-6-7;1-6-4-2-3-5-6;1-5-6(2,3)4;1-5(2,3)4;2*1-4-5(2)3;1-4-2-3-4;1-4(2)3;1-3-2;3*1-2/h7H,3-6H2,1-2H3;7H,2-6H2,1H3;6H,2-5H2,1H3;5H2,1-4H3;1-4H3;2*5H,4H2,1-3H3;4H,2-3H2,1H3;4H,1-3H3;3H2,1-2H3;3*1-2H3. The fourth-order valence-electron chi connectivity index (χ4n) is 4.29. The zero-order chi connectivity index (χ0) is 52.5. The molecule has 3 heteroatoms. The van der Waals surface area contributed by atoms with E-state index in [1.807, 2.05) is 48.5 Å². The SMILES string of the molecule is CC.CC.CC.CC(C)(C)C.CC(C)C.CC1CC1.CC1CCC(C)(C(F)(F)F)CC1.CC1CCCC1.CC1CCCCC1.CCC.CCC(C)(C)C.CCC(C)C.CCC(C)C. The Morgan fingerprint density at radius 2 is 0.619 bits per heavy atom. The second kappa shape index (κ2) is 56.1. The quantitative estimate of drug-likeness (QED) is 0.259. The molecule has 0 heterocycles. The van der Waals surface area contributed by atoms with Crippen LogP contribution in [0.3, 0.4) is 0 Å². The van der Waals surface area contributed by atoms with Gasteiger partial charge in [-0.2, -0.15) is 13.2 Å². The van der Waals surface area contributed by atoms with Crippen LogP contribution in [0.1, 0.15) is 330 Å². The predicted molar refractivity (Wildman–Crippen MR) is 296 cm³/mol. The molecule has 0 saturated heterocycles. The third-order valence-corrected chi connectivity index (χ3v) is 10.2. The van der Waals surface area contributed by atoms with Gasteiger partial charge in [0.1, 0.15) is 0 Å². The molecular weight excluding hydrogens is 778 g/mol. The van der Waals surface area contributed by atoms with E-state index in [0.29, 0.717) is 29.6 Å². The van der Waals surface area contributed by atoms with Crippen LogP contribution in [0, 0.1) is 57.7 Å². The zero-order valence-corrected chi connectivity index (χ0v) is 50.6. The summed E-state index contributed by atoms with van der Waals surface area (Å²) in [5.41, 5.74) is -0.362. The molecule has 63 heavy (non-hydrogen) atoms. The Kier molecular flexibility index (Phi) is 73.8. The molecule has 0 N–H and O–H groups in total. The summed E-state index contributed by atoms with van der Waals surface area (Å²) in [4.78, 5) is 0.